The minimum Gasteiger partial charge on any atom is -0.480 e. The molecule has 0 amide bonds. The molecule has 0 bridgehead atoms. The summed E-state index contributed by atoms with van der Waals surface area (Å²) < 4.78 is 42.6. The highest BCUT2D eigenvalue weighted by molar-refractivity contribution is 5.74. The maximum atomic E-state index is 14.7. The second kappa shape index (κ2) is 13.1. The SMILES string of the molecule is O=C(O)C(C1CCCCC1)N1CC(CN2CCC(CCC(F)(F)c3ccc(F)cc3)CC2)C(c2ccccc2)C1. The number of carbonyl (C=O) groups is 1. The molecule has 2 aromatic rings. The van der Waals surface area contributed by atoms with Gasteiger partial charge in [-0.25, -0.2) is 13.2 Å². The fourth-order valence-corrected chi connectivity index (χ4v) is 7.51. The Labute approximate surface area is 236 Å². The molecule has 3 aliphatic rings. The van der Waals surface area contributed by atoms with Crippen LogP contribution in [0.3, 0.4) is 0 Å². The Kier molecular flexibility index (Phi) is 9.52. The standard InChI is InChI=1S/C33H43F3N2O2/c34-29-13-11-28(12-14-29)33(35,36)18-15-24-16-19-37(20-17-24)21-27-22-38(23-30(27)25-7-3-1-4-8-25)31(32(39)40)26-9-5-2-6-10-26/h1,3-4,7-8,11-14,24,26-27,30-31H,2,5-6,9-10,15-23H2,(H,39,40). The van der Waals surface area contributed by atoms with Crippen LogP contribution in [0.25, 0.3) is 0 Å². The van der Waals surface area contributed by atoms with Crippen molar-refractivity contribution in [2.75, 3.05) is 32.7 Å². The van der Waals surface area contributed by atoms with Crippen LogP contribution in [0.1, 0.15) is 74.8 Å². The van der Waals surface area contributed by atoms with Crippen molar-refractivity contribution < 1.29 is 23.1 Å². The van der Waals surface area contributed by atoms with E-state index in [4.69, 9.17) is 0 Å². The summed E-state index contributed by atoms with van der Waals surface area (Å²) in [5.74, 6) is -3.01. The molecule has 2 heterocycles. The smallest absolute Gasteiger partial charge is 0.321 e. The molecule has 218 valence electrons. The monoisotopic (exact) mass is 556 g/mol. The molecule has 4 nitrogen and oxygen atoms in total. The summed E-state index contributed by atoms with van der Waals surface area (Å²) in [5.41, 5.74) is 1.16. The topological polar surface area (TPSA) is 43.8 Å². The first kappa shape index (κ1) is 29.1. The van der Waals surface area contributed by atoms with Crippen molar-refractivity contribution in [3.05, 3.63) is 71.5 Å². The minimum absolute atomic E-state index is 0.114. The second-order valence-corrected chi connectivity index (χ2v) is 12.4. The lowest BCUT2D eigenvalue weighted by Crippen LogP contribution is -2.46. The third-order valence-electron chi connectivity index (χ3n) is 9.77. The number of likely N-dealkylation sites (tertiary alicyclic amines) is 2. The van der Waals surface area contributed by atoms with Crippen molar-refractivity contribution in [1.82, 2.24) is 9.80 Å². The highest BCUT2D eigenvalue weighted by Crippen LogP contribution is 2.40. The highest BCUT2D eigenvalue weighted by Gasteiger charge is 2.43. The van der Waals surface area contributed by atoms with Gasteiger partial charge in [0.25, 0.3) is 5.92 Å². The average molecular weight is 557 g/mol. The molecule has 5 rings (SSSR count). The zero-order valence-corrected chi connectivity index (χ0v) is 23.4. The van der Waals surface area contributed by atoms with E-state index in [1.165, 1.54) is 24.1 Å². The normalized spacial score (nSPS) is 24.8. The van der Waals surface area contributed by atoms with Gasteiger partial charge in [0.2, 0.25) is 0 Å². The van der Waals surface area contributed by atoms with Crippen LogP contribution in [0, 0.1) is 23.6 Å². The molecule has 1 saturated carbocycles. The summed E-state index contributed by atoms with van der Waals surface area (Å²) >= 11 is 0. The molecule has 1 aliphatic carbocycles. The van der Waals surface area contributed by atoms with E-state index in [2.05, 4.69) is 34.1 Å². The maximum Gasteiger partial charge on any atom is 0.321 e. The van der Waals surface area contributed by atoms with Gasteiger partial charge in [0.15, 0.2) is 0 Å². The number of piperidine rings is 1. The molecule has 2 saturated heterocycles. The Hall–Kier alpha value is -2.38. The number of benzene rings is 2. The van der Waals surface area contributed by atoms with E-state index in [0.29, 0.717) is 18.3 Å². The van der Waals surface area contributed by atoms with Crippen LogP contribution in [0.15, 0.2) is 54.6 Å². The molecule has 2 aromatic carbocycles. The number of halogens is 3. The molecule has 2 aliphatic heterocycles. The molecule has 3 atom stereocenters. The number of hydrogen-bond donors (Lipinski definition) is 1. The van der Waals surface area contributed by atoms with Gasteiger partial charge in [-0.15, -0.1) is 0 Å². The fraction of sp³-hybridized carbons (Fsp3) is 0.606. The summed E-state index contributed by atoms with van der Waals surface area (Å²) in [6.45, 7) is 4.24. The molecule has 0 spiro atoms. The summed E-state index contributed by atoms with van der Waals surface area (Å²) in [4.78, 5) is 17.2. The number of carboxylic acid groups (broad SMARTS) is 1. The molecule has 3 unspecified atom stereocenters. The fourth-order valence-electron chi connectivity index (χ4n) is 7.51. The first-order valence-electron chi connectivity index (χ1n) is 15.2. The van der Waals surface area contributed by atoms with Gasteiger partial charge >= 0.3 is 5.97 Å². The number of nitrogens with zero attached hydrogens (tertiary/aromatic N) is 2. The lowest BCUT2D eigenvalue weighted by Gasteiger charge is -2.35. The van der Waals surface area contributed by atoms with E-state index in [-0.39, 0.29) is 23.8 Å². The summed E-state index contributed by atoms with van der Waals surface area (Å²) in [7, 11) is 0. The van der Waals surface area contributed by atoms with Gasteiger partial charge in [-0.05, 0) is 80.6 Å². The second-order valence-electron chi connectivity index (χ2n) is 12.4. The van der Waals surface area contributed by atoms with Crippen molar-refractivity contribution in [2.24, 2.45) is 17.8 Å². The van der Waals surface area contributed by atoms with Gasteiger partial charge in [0.1, 0.15) is 11.9 Å². The van der Waals surface area contributed by atoms with Crippen LogP contribution in [-0.4, -0.2) is 59.6 Å². The molecular formula is C33H43F3N2O2. The summed E-state index contributed by atoms with van der Waals surface area (Å²) in [6.07, 6.45) is 7.49. The Morgan fingerprint density at radius 1 is 0.925 bits per heavy atom. The van der Waals surface area contributed by atoms with E-state index < -0.39 is 23.8 Å². The van der Waals surface area contributed by atoms with Crippen LogP contribution in [0.4, 0.5) is 13.2 Å². The minimum atomic E-state index is -2.94. The van der Waals surface area contributed by atoms with E-state index in [1.54, 1.807) is 0 Å². The highest BCUT2D eigenvalue weighted by atomic mass is 19.3. The van der Waals surface area contributed by atoms with Gasteiger partial charge in [-0.3, -0.25) is 9.69 Å². The van der Waals surface area contributed by atoms with E-state index in [1.807, 2.05) is 6.07 Å². The molecule has 0 aromatic heterocycles. The van der Waals surface area contributed by atoms with Crippen molar-refractivity contribution in [3.63, 3.8) is 0 Å². The zero-order valence-electron chi connectivity index (χ0n) is 23.4. The van der Waals surface area contributed by atoms with Gasteiger partial charge in [-0.2, -0.15) is 0 Å². The van der Waals surface area contributed by atoms with Crippen LogP contribution >= 0.6 is 0 Å². The van der Waals surface area contributed by atoms with Gasteiger partial charge < -0.3 is 10.0 Å². The van der Waals surface area contributed by atoms with Gasteiger partial charge in [0.05, 0.1) is 0 Å². The average Bonchev–Trinajstić information content (AvgIpc) is 3.36. The first-order valence-corrected chi connectivity index (χ1v) is 15.2. The van der Waals surface area contributed by atoms with Crippen molar-refractivity contribution in [1.29, 1.82) is 0 Å². The largest absolute Gasteiger partial charge is 0.480 e. The van der Waals surface area contributed by atoms with Gasteiger partial charge in [-0.1, -0.05) is 61.7 Å². The van der Waals surface area contributed by atoms with Crippen molar-refractivity contribution in [3.8, 4) is 0 Å². The molecule has 0 radical (unpaired) electrons. The Bertz CT molecular complexity index is 1080. The van der Waals surface area contributed by atoms with E-state index in [0.717, 1.165) is 83.4 Å². The van der Waals surface area contributed by atoms with Crippen LogP contribution < -0.4 is 0 Å². The third-order valence-corrected chi connectivity index (χ3v) is 9.77. The van der Waals surface area contributed by atoms with Crippen LogP contribution in [0.2, 0.25) is 0 Å². The number of aliphatic carboxylic acids is 1. The number of alkyl halides is 2. The van der Waals surface area contributed by atoms with Crippen LogP contribution in [-0.2, 0) is 10.7 Å². The molecule has 7 heteroatoms. The quantitative estimate of drug-likeness (QED) is 0.337. The summed E-state index contributed by atoms with van der Waals surface area (Å²) in [5, 5.41) is 10.3. The number of rotatable bonds is 10. The number of carboxylic acids is 1. The maximum absolute atomic E-state index is 14.7. The summed E-state index contributed by atoms with van der Waals surface area (Å²) in [6, 6.07) is 14.7. The Morgan fingerprint density at radius 3 is 2.25 bits per heavy atom. The molecule has 40 heavy (non-hydrogen) atoms. The number of hydrogen-bond acceptors (Lipinski definition) is 3. The molecular weight excluding hydrogens is 513 g/mol. The van der Waals surface area contributed by atoms with Crippen molar-refractivity contribution in [2.45, 2.75) is 75.7 Å². The van der Waals surface area contributed by atoms with Crippen molar-refractivity contribution >= 4 is 5.97 Å². The Balaban J connectivity index is 1.18. The predicted octanol–water partition coefficient (Wildman–Crippen LogP) is 7.16. The lowest BCUT2D eigenvalue weighted by molar-refractivity contribution is -0.145. The zero-order chi connectivity index (χ0) is 28.1. The first-order chi connectivity index (χ1) is 19.3. The Morgan fingerprint density at radius 2 is 1.60 bits per heavy atom. The van der Waals surface area contributed by atoms with Gasteiger partial charge in [0, 0.05) is 37.5 Å². The lowest BCUT2D eigenvalue weighted by atomic mass is 9.83. The van der Waals surface area contributed by atoms with E-state index in [9.17, 15) is 23.1 Å². The van der Waals surface area contributed by atoms with E-state index >= 15 is 0 Å². The predicted molar refractivity (Wildman–Crippen MR) is 151 cm³/mol. The third kappa shape index (κ3) is 7.09. The van der Waals surface area contributed by atoms with Crippen LogP contribution in [0.5, 0.6) is 0 Å². The molecule has 3 fully saturated rings. The molecule has 1 N–H and O–H groups in total.